The van der Waals surface area contributed by atoms with Crippen molar-refractivity contribution in [3.05, 3.63) is 26.6 Å². The van der Waals surface area contributed by atoms with E-state index in [1.807, 2.05) is 0 Å². The molecule has 0 unspecified atom stereocenters. The summed E-state index contributed by atoms with van der Waals surface area (Å²) in [5.74, 6) is -0.456. The summed E-state index contributed by atoms with van der Waals surface area (Å²) < 4.78 is 30.7. The lowest BCUT2D eigenvalue weighted by molar-refractivity contribution is -0.142. The maximum absolute atomic E-state index is 12.8. The van der Waals surface area contributed by atoms with E-state index < -0.39 is 12.4 Å². The third kappa shape index (κ3) is 3.58. The molecule has 6 heteroatoms. The summed E-state index contributed by atoms with van der Waals surface area (Å²) >= 11 is 1.79. The van der Waals surface area contributed by atoms with Crippen LogP contribution < -0.4 is 0 Å². The lowest BCUT2D eigenvalue weighted by atomic mass is 10.1. The average molecular weight is 355 g/mol. The second-order valence-corrected chi connectivity index (χ2v) is 4.48. The topological polar surface area (TPSA) is 39.2 Å². The Kier molecular flexibility index (Phi) is 5.23. The first kappa shape index (κ1) is 14.3. The standard InChI is InChI=1S/C11H12F2INO2/c1-3-17-8(16)4-7-10(14)9(11(12)13)6(2)5-15-7/h5,11H,3-4H2,1-2H3. The minimum atomic E-state index is -2.56. The van der Waals surface area contributed by atoms with Gasteiger partial charge < -0.3 is 4.74 Å². The molecule has 0 amide bonds. The predicted molar refractivity (Wildman–Crippen MR) is 67.0 cm³/mol. The van der Waals surface area contributed by atoms with Gasteiger partial charge in [-0.3, -0.25) is 9.78 Å². The number of carbonyl (C=O) groups excluding carboxylic acids is 1. The highest BCUT2D eigenvalue weighted by Crippen LogP contribution is 2.29. The zero-order chi connectivity index (χ0) is 13.0. The van der Waals surface area contributed by atoms with Crippen LogP contribution in [0.2, 0.25) is 0 Å². The van der Waals surface area contributed by atoms with E-state index in [4.69, 9.17) is 4.74 Å². The average Bonchev–Trinajstić information content (AvgIpc) is 2.22. The maximum atomic E-state index is 12.8. The predicted octanol–water partition coefficient (Wildman–Crippen LogP) is 3.04. The Bertz CT molecular complexity index is 424. The van der Waals surface area contributed by atoms with E-state index in [1.54, 1.807) is 36.4 Å². The lowest BCUT2D eigenvalue weighted by Gasteiger charge is -2.11. The molecule has 0 radical (unpaired) electrons. The molecule has 1 rings (SSSR count). The van der Waals surface area contributed by atoms with E-state index >= 15 is 0 Å². The molecule has 0 aliphatic rings. The SMILES string of the molecule is CCOC(=O)Cc1ncc(C)c(C(F)F)c1I. The number of alkyl halides is 2. The van der Waals surface area contributed by atoms with Gasteiger partial charge in [0.25, 0.3) is 6.43 Å². The molecule has 0 saturated carbocycles. The number of rotatable bonds is 4. The van der Waals surface area contributed by atoms with Gasteiger partial charge in [-0.25, -0.2) is 8.78 Å². The van der Waals surface area contributed by atoms with Crippen molar-refractivity contribution < 1.29 is 18.3 Å². The summed E-state index contributed by atoms with van der Waals surface area (Å²) in [6.45, 7) is 3.53. The highest BCUT2D eigenvalue weighted by molar-refractivity contribution is 14.1. The number of pyridine rings is 1. The quantitative estimate of drug-likeness (QED) is 0.616. The van der Waals surface area contributed by atoms with Gasteiger partial charge in [0, 0.05) is 15.3 Å². The Balaban J connectivity index is 3.02. The van der Waals surface area contributed by atoms with Gasteiger partial charge in [0.2, 0.25) is 0 Å². The number of esters is 1. The molecular weight excluding hydrogens is 343 g/mol. The number of halogens is 3. The number of aryl methyl sites for hydroxylation is 1. The van der Waals surface area contributed by atoms with Crippen LogP contribution in [-0.4, -0.2) is 17.6 Å². The monoisotopic (exact) mass is 355 g/mol. The molecule has 17 heavy (non-hydrogen) atoms. The second kappa shape index (κ2) is 6.23. The molecule has 0 spiro atoms. The fourth-order valence-electron chi connectivity index (χ4n) is 1.37. The fourth-order valence-corrected chi connectivity index (χ4v) is 2.36. The molecule has 0 atom stereocenters. The van der Waals surface area contributed by atoms with Gasteiger partial charge in [-0.1, -0.05) is 0 Å². The van der Waals surface area contributed by atoms with Gasteiger partial charge in [-0.15, -0.1) is 0 Å². The van der Waals surface area contributed by atoms with Crippen molar-refractivity contribution in [2.24, 2.45) is 0 Å². The number of hydrogen-bond acceptors (Lipinski definition) is 3. The largest absolute Gasteiger partial charge is 0.466 e. The van der Waals surface area contributed by atoms with Crippen molar-refractivity contribution >= 4 is 28.6 Å². The van der Waals surface area contributed by atoms with Crippen LogP contribution in [0.4, 0.5) is 8.78 Å². The van der Waals surface area contributed by atoms with Gasteiger partial charge >= 0.3 is 5.97 Å². The van der Waals surface area contributed by atoms with Crippen LogP contribution in [0.15, 0.2) is 6.20 Å². The highest BCUT2D eigenvalue weighted by Gasteiger charge is 2.19. The molecule has 0 N–H and O–H groups in total. The van der Waals surface area contributed by atoms with Crippen LogP contribution in [-0.2, 0) is 16.0 Å². The molecule has 1 aromatic rings. The van der Waals surface area contributed by atoms with Gasteiger partial charge in [0.05, 0.1) is 18.7 Å². The zero-order valence-electron chi connectivity index (χ0n) is 9.47. The van der Waals surface area contributed by atoms with Crippen LogP contribution in [0.3, 0.4) is 0 Å². The molecule has 1 aromatic heterocycles. The van der Waals surface area contributed by atoms with Crippen LogP contribution in [0.1, 0.15) is 30.2 Å². The van der Waals surface area contributed by atoms with E-state index in [-0.39, 0.29) is 18.6 Å². The third-order valence-electron chi connectivity index (χ3n) is 2.16. The summed E-state index contributed by atoms with van der Waals surface area (Å²) in [7, 11) is 0. The molecule has 0 aromatic carbocycles. The summed E-state index contributed by atoms with van der Waals surface area (Å²) in [6, 6.07) is 0. The number of carbonyl (C=O) groups is 1. The van der Waals surface area contributed by atoms with Crippen molar-refractivity contribution in [3.8, 4) is 0 Å². The van der Waals surface area contributed by atoms with Crippen LogP contribution >= 0.6 is 22.6 Å². The minimum Gasteiger partial charge on any atom is -0.466 e. The van der Waals surface area contributed by atoms with E-state index in [9.17, 15) is 13.6 Å². The van der Waals surface area contributed by atoms with E-state index in [0.29, 0.717) is 14.8 Å². The molecule has 0 saturated heterocycles. The fraction of sp³-hybridized carbons (Fsp3) is 0.455. The molecule has 0 aliphatic heterocycles. The van der Waals surface area contributed by atoms with Gasteiger partial charge in [0.15, 0.2) is 0 Å². The Hall–Kier alpha value is -0.790. The highest BCUT2D eigenvalue weighted by atomic mass is 127. The normalized spacial score (nSPS) is 10.7. The number of ether oxygens (including phenoxy) is 1. The van der Waals surface area contributed by atoms with Crippen molar-refractivity contribution in [2.75, 3.05) is 6.61 Å². The molecule has 1 heterocycles. The Morgan fingerprint density at radius 3 is 2.76 bits per heavy atom. The van der Waals surface area contributed by atoms with E-state index in [2.05, 4.69) is 4.98 Å². The molecular formula is C11H12F2INO2. The smallest absolute Gasteiger partial charge is 0.311 e. The number of aromatic nitrogens is 1. The van der Waals surface area contributed by atoms with Crippen LogP contribution in [0.25, 0.3) is 0 Å². The summed E-state index contributed by atoms with van der Waals surface area (Å²) in [5.41, 5.74) is 0.710. The number of nitrogens with zero attached hydrogens (tertiary/aromatic N) is 1. The first-order valence-electron chi connectivity index (χ1n) is 5.05. The second-order valence-electron chi connectivity index (χ2n) is 3.40. The van der Waals surface area contributed by atoms with E-state index in [1.165, 1.54) is 6.20 Å². The Morgan fingerprint density at radius 1 is 1.59 bits per heavy atom. The van der Waals surface area contributed by atoms with Crippen molar-refractivity contribution in [2.45, 2.75) is 26.7 Å². The Morgan fingerprint density at radius 2 is 2.24 bits per heavy atom. The molecule has 94 valence electrons. The van der Waals surface area contributed by atoms with Gasteiger partial charge in [-0.05, 0) is 42.0 Å². The lowest BCUT2D eigenvalue weighted by Crippen LogP contribution is -2.12. The Labute approximate surface area is 112 Å². The number of hydrogen-bond donors (Lipinski definition) is 0. The molecule has 0 fully saturated rings. The third-order valence-corrected chi connectivity index (χ3v) is 3.37. The van der Waals surface area contributed by atoms with Crippen LogP contribution in [0.5, 0.6) is 0 Å². The molecule has 0 aliphatic carbocycles. The summed E-state index contributed by atoms with van der Waals surface area (Å²) in [4.78, 5) is 15.3. The van der Waals surface area contributed by atoms with Crippen molar-refractivity contribution in [1.82, 2.24) is 4.98 Å². The van der Waals surface area contributed by atoms with Crippen molar-refractivity contribution in [3.63, 3.8) is 0 Å². The van der Waals surface area contributed by atoms with Gasteiger partial charge in [0.1, 0.15) is 0 Å². The maximum Gasteiger partial charge on any atom is 0.311 e. The van der Waals surface area contributed by atoms with Crippen molar-refractivity contribution in [1.29, 1.82) is 0 Å². The molecule has 0 bridgehead atoms. The molecule has 3 nitrogen and oxygen atoms in total. The summed E-state index contributed by atoms with van der Waals surface area (Å²) in [6.07, 6.45) is -1.28. The van der Waals surface area contributed by atoms with Gasteiger partial charge in [-0.2, -0.15) is 0 Å². The first-order valence-corrected chi connectivity index (χ1v) is 6.12. The zero-order valence-corrected chi connectivity index (χ0v) is 11.6. The van der Waals surface area contributed by atoms with E-state index in [0.717, 1.165) is 0 Å². The first-order chi connectivity index (χ1) is 7.97. The van der Waals surface area contributed by atoms with Crippen LogP contribution in [0, 0.1) is 10.5 Å². The summed E-state index contributed by atoms with van der Waals surface area (Å²) in [5, 5.41) is 0. The minimum absolute atomic E-state index is 0.0556.